The molecule has 3 fully saturated rings. The molecule has 3 aromatic heterocycles. The highest BCUT2D eigenvalue weighted by Crippen LogP contribution is 2.39. The number of thiazole rings is 1. The highest BCUT2D eigenvalue weighted by molar-refractivity contribution is 7.22. The molecule has 0 bridgehead atoms. The quantitative estimate of drug-likeness (QED) is 0.0935. The van der Waals surface area contributed by atoms with Gasteiger partial charge >= 0.3 is 5.97 Å². The van der Waals surface area contributed by atoms with Crippen LogP contribution in [-0.2, 0) is 29.6 Å². The van der Waals surface area contributed by atoms with Crippen LogP contribution in [0.4, 0.5) is 16.6 Å². The zero-order valence-electron chi connectivity index (χ0n) is 41.6. The molecule has 1 saturated carbocycles. The van der Waals surface area contributed by atoms with Crippen molar-refractivity contribution in [1.29, 1.82) is 0 Å². The number of imide groups is 1. The van der Waals surface area contributed by atoms with E-state index in [4.69, 9.17) is 14.8 Å². The third kappa shape index (κ3) is 9.77. The van der Waals surface area contributed by atoms with Gasteiger partial charge in [0.1, 0.15) is 11.6 Å². The molecule has 3 amide bonds. The molecule has 7 aromatic rings. The lowest BCUT2D eigenvalue weighted by Crippen LogP contribution is -2.49. The lowest BCUT2D eigenvalue weighted by molar-refractivity contribution is -0.134. The molecule has 0 unspecified atom stereocenters. The molecule has 16 heteroatoms. The number of carbonyl (C=O) groups is 4. The van der Waals surface area contributed by atoms with Gasteiger partial charge in [0.15, 0.2) is 10.8 Å². The van der Waals surface area contributed by atoms with E-state index < -0.39 is 11.9 Å². The van der Waals surface area contributed by atoms with E-state index in [9.17, 15) is 24.3 Å². The summed E-state index contributed by atoms with van der Waals surface area (Å²) in [6, 6.07) is 29.9. The summed E-state index contributed by atoms with van der Waals surface area (Å²) >= 11 is 1.44. The number of aromatic nitrogens is 4. The Balaban J connectivity index is 0.680. The second-order valence-corrected chi connectivity index (χ2v) is 21.3. The van der Waals surface area contributed by atoms with Crippen LogP contribution >= 0.6 is 11.3 Å². The average molecular weight is 1000 g/mol. The number of piperazine rings is 1. The maximum Gasteiger partial charge on any atom is 0.355 e. The fourth-order valence-corrected chi connectivity index (χ4v) is 12.6. The van der Waals surface area contributed by atoms with Crippen molar-refractivity contribution in [2.24, 2.45) is 13.0 Å². The molecule has 4 aliphatic rings. The molecule has 6 heterocycles. The Morgan fingerprint density at radius 3 is 2.44 bits per heavy atom. The number of carboxylic acid groups (broad SMARTS) is 1. The predicted molar refractivity (Wildman–Crippen MR) is 285 cm³/mol. The number of fused-ring (bicyclic) bond motifs is 3. The predicted octanol–water partition coefficient (Wildman–Crippen LogP) is 9.52. The second kappa shape index (κ2) is 20.4. The van der Waals surface area contributed by atoms with Gasteiger partial charge in [-0.1, -0.05) is 59.9 Å². The Kier molecular flexibility index (Phi) is 13.4. The standard InChI is InChI=1S/C57H61N9O6S/c1-34(64-29-31-65(32-30-64)46-14-7-12-42-51(62-63(3)53(42)46)43-24-26-50(67)60-55(43)69)17-18-36-19-21-38(22-20-36)72-47-15-8-10-39(35(47)2)40-23-25-49(59-52(40)56(70)71)66-28-27-37-9-6-11-41(44(37)33-66)54(68)61-57-58-45-13-4-5-16-48(45)73-57/h4-16,23,25,34,36,38,43H,17-22,24,26-33H2,1-3H3,(H,70,71)(H,58,61,68)(H,60,67,69)/t34-,36?,38?,43-/m1/s1. The number of aromatic carboxylic acids is 1. The Bertz CT molecular complexity index is 3230. The maximum atomic E-state index is 13.7. The summed E-state index contributed by atoms with van der Waals surface area (Å²) in [5.74, 6) is -0.263. The number of piperidine rings is 1. The molecular weight excluding hydrogens is 939 g/mol. The zero-order chi connectivity index (χ0) is 50.3. The van der Waals surface area contributed by atoms with Crippen LogP contribution in [-0.4, -0.2) is 98.3 Å². The number of anilines is 3. The average Bonchev–Trinajstić information content (AvgIpc) is 3.98. The number of hydrogen-bond acceptors (Lipinski definition) is 12. The van der Waals surface area contributed by atoms with Crippen molar-refractivity contribution < 1.29 is 29.0 Å². The van der Waals surface area contributed by atoms with Crippen LogP contribution in [0.25, 0.3) is 32.2 Å². The summed E-state index contributed by atoms with van der Waals surface area (Å²) in [5.41, 5.74) is 8.49. The molecule has 0 radical (unpaired) electrons. The molecule has 1 aliphatic carbocycles. The number of nitrogens with zero attached hydrogens (tertiary/aromatic N) is 7. The van der Waals surface area contributed by atoms with Gasteiger partial charge in [-0.05, 0) is 136 Å². The molecule has 11 rings (SSSR count). The van der Waals surface area contributed by atoms with Crippen molar-refractivity contribution in [2.45, 2.75) is 96.2 Å². The van der Waals surface area contributed by atoms with Crippen LogP contribution in [0.5, 0.6) is 5.75 Å². The molecule has 15 nitrogen and oxygen atoms in total. The lowest BCUT2D eigenvalue weighted by Gasteiger charge is -2.40. The van der Waals surface area contributed by atoms with Crippen molar-refractivity contribution >= 4 is 72.8 Å². The molecule has 376 valence electrons. The van der Waals surface area contributed by atoms with Gasteiger partial charge in [0.05, 0.1) is 39.1 Å². The highest BCUT2D eigenvalue weighted by Gasteiger charge is 2.34. The van der Waals surface area contributed by atoms with Gasteiger partial charge in [-0.2, -0.15) is 5.10 Å². The molecule has 2 saturated heterocycles. The van der Waals surface area contributed by atoms with Crippen molar-refractivity contribution in [1.82, 2.24) is 30.0 Å². The first-order valence-electron chi connectivity index (χ1n) is 25.8. The SMILES string of the molecule is Cc1c(OC2CCC(CC[C@@H](C)N3CCN(c4cccc5c([C@H]6CCC(=O)NC6=O)nn(C)c45)CC3)CC2)cccc1-c1ccc(N2CCc3cccc(C(=O)Nc4nc5ccccc5s4)c3C2)nc1C(=O)O. The van der Waals surface area contributed by atoms with Crippen LogP contribution in [0.1, 0.15) is 107 Å². The topological polar surface area (TPSA) is 175 Å². The third-order valence-corrected chi connectivity index (χ3v) is 16.8. The molecule has 73 heavy (non-hydrogen) atoms. The van der Waals surface area contributed by atoms with Gasteiger partial charge in [-0.25, -0.2) is 14.8 Å². The minimum absolute atomic E-state index is 0.0218. The number of benzene rings is 4. The number of aryl methyl sites for hydroxylation is 1. The zero-order valence-corrected chi connectivity index (χ0v) is 42.4. The third-order valence-electron chi connectivity index (χ3n) is 15.8. The highest BCUT2D eigenvalue weighted by atomic mass is 32.1. The summed E-state index contributed by atoms with van der Waals surface area (Å²) < 4.78 is 9.61. The monoisotopic (exact) mass is 999 g/mol. The van der Waals surface area contributed by atoms with Crippen LogP contribution in [0.15, 0.2) is 91.0 Å². The number of amides is 3. The minimum Gasteiger partial charge on any atom is -0.490 e. The Hall–Kier alpha value is -7.17. The summed E-state index contributed by atoms with van der Waals surface area (Å²) in [7, 11) is 1.94. The van der Waals surface area contributed by atoms with Gasteiger partial charge in [0.25, 0.3) is 5.91 Å². The number of carboxylic acids is 1. The first-order valence-corrected chi connectivity index (χ1v) is 26.6. The van der Waals surface area contributed by atoms with E-state index in [0.29, 0.717) is 66.4 Å². The second-order valence-electron chi connectivity index (χ2n) is 20.3. The van der Waals surface area contributed by atoms with E-state index in [1.807, 2.05) is 102 Å². The first kappa shape index (κ1) is 48.1. The van der Waals surface area contributed by atoms with Crippen LogP contribution < -0.4 is 25.2 Å². The minimum atomic E-state index is -1.10. The Morgan fingerprint density at radius 2 is 1.64 bits per heavy atom. The van der Waals surface area contributed by atoms with Crippen LogP contribution in [0.3, 0.4) is 0 Å². The van der Waals surface area contributed by atoms with E-state index in [1.54, 1.807) is 0 Å². The fourth-order valence-electron chi connectivity index (χ4n) is 11.7. The summed E-state index contributed by atoms with van der Waals surface area (Å²) in [5, 5.41) is 22.4. The number of rotatable bonds is 13. The summed E-state index contributed by atoms with van der Waals surface area (Å²) in [6.07, 6.45) is 8.11. The van der Waals surface area contributed by atoms with E-state index >= 15 is 0 Å². The molecule has 4 aromatic carbocycles. The van der Waals surface area contributed by atoms with Gasteiger partial charge in [0.2, 0.25) is 11.8 Å². The number of carbonyl (C=O) groups excluding carboxylic acids is 3. The van der Waals surface area contributed by atoms with E-state index in [0.717, 1.165) is 119 Å². The molecular formula is C57H61N9O6S. The Morgan fingerprint density at radius 1 is 0.849 bits per heavy atom. The van der Waals surface area contributed by atoms with E-state index in [-0.39, 0.29) is 29.5 Å². The smallest absolute Gasteiger partial charge is 0.355 e. The van der Waals surface area contributed by atoms with Crippen LogP contribution in [0.2, 0.25) is 0 Å². The van der Waals surface area contributed by atoms with Crippen molar-refractivity contribution in [3.05, 3.63) is 125 Å². The van der Waals surface area contributed by atoms with Gasteiger partial charge in [-0.3, -0.25) is 34.6 Å². The Labute approximate surface area is 428 Å². The van der Waals surface area contributed by atoms with Gasteiger partial charge in [0, 0.05) is 75.3 Å². The lowest BCUT2D eigenvalue weighted by atomic mass is 9.83. The van der Waals surface area contributed by atoms with Crippen LogP contribution in [0, 0.1) is 12.8 Å². The molecule has 3 aliphatic heterocycles. The number of nitrogens with one attached hydrogen (secondary N) is 2. The van der Waals surface area contributed by atoms with Crippen molar-refractivity contribution in [3.63, 3.8) is 0 Å². The fraction of sp³-hybridized carbons (Fsp3) is 0.386. The van der Waals surface area contributed by atoms with Gasteiger partial charge < -0.3 is 19.6 Å². The molecule has 2 atom stereocenters. The molecule has 3 N–H and O–H groups in total. The largest absolute Gasteiger partial charge is 0.490 e. The summed E-state index contributed by atoms with van der Waals surface area (Å²) in [6.45, 7) is 9.19. The van der Waals surface area contributed by atoms with E-state index in [1.165, 1.54) is 17.8 Å². The first-order chi connectivity index (χ1) is 35.4. The van der Waals surface area contributed by atoms with Crippen molar-refractivity contribution in [2.75, 3.05) is 47.8 Å². The number of hydrogen-bond donors (Lipinski definition) is 3. The number of para-hydroxylation sites is 2. The normalized spacial score (nSPS) is 20.0. The van der Waals surface area contributed by atoms with Crippen molar-refractivity contribution in [3.8, 4) is 16.9 Å². The van der Waals surface area contributed by atoms with Gasteiger partial charge in [-0.15, -0.1) is 0 Å². The number of ether oxygens (including phenoxy) is 1. The molecule has 0 spiro atoms. The van der Waals surface area contributed by atoms with E-state index in [2.05, 4.69) is 44.5 Å². The maximum absolute atomic E-state index is 13.7. The number of pyridine rings is 1. The summed E-state index contributed by atoms with van der Waals surface area (Å²) in [4.78, 5) is 67.7.